The zero-order valence-corrected chi connectivity index (χ0v) is 12.1. The van der Waals surface area contributed by atoms with Crippen LogP contribution < -0.4 is 10.6 Å². The van der Waals surface area contributed by atoms with Crippen LogP contribution in [0, 0.1) is 24.1 Å². The molecule has 0 unspecified atom stereocenters. The monoisotopic (exact) mass is 298 g/mol. The molecule has 2 rings (SSSR count). The van der Waals surface area contributed by atoms with Crippen LogP contribution in [-0.4, -0.2) is 24.0 Å². The molecule has 1 aromatic carbocycles. The molecule has 0 saturated carbocycles. The molecule has 1 amide bonds. The summed E-state index contributed by atoms with van der Waals surface area (Å²) in [5.74, 6) is -0.715. The summed E-state index contributed by atoms with van der Waals surface area (Å²) in [6.07, 6.45) is 1.55. The standard InChI is InChI=1S/C16H15FN4O/c1-11-2-3-12(8-15(11)17)16(22)20-7-6-19-14-5-4-13(9-18)21-10-14/h2-5,8,10,19H,6-7H2,1H3,(H,20,22). The van der Waals surface area contributed by atoms with Crippen LogP contribution in [0.4, 0.5) is 10.1 Å². The average molecular weight is 298 g/mol. The van der Waals surface area contributed by atoms with E-state index in [9.17, 15) is 9.18 Å². The van der Waals surface area contributed by atoms with Gasteiger partial charge in [0.2, 0.25) is 0 Å². The van der Waals surface area contributed by atoms with E-state index in [4.69, 9.17) is 5.26 Å². The minimum Gasteiger partial charge on any atom is -0.382 e. The Labute approximate surface area is 127 Å². The van der Waals surface area contributed by atoms with Crippen LogP contribution in [-0.2, 0) is 0 Å². The van der Waals surface area contributed by atoms with Crippen molar-refractivity contribution in [3.05, 3.63) is 59.2 Å². The molecule has 22 heavy (non-hydrogen) atoms. The summed E-state index contributed by atoms with van der Waals surface area (Å²) in [7, 11) is 0. The minimum absolute atomic E-state index is 0.295. The Bertz CT molecular complexity index is 707. The van der Waals surface area contributed by atoms with E-state index < -0.39 is 5.82 Å². The molecule has 0 aliphatic heterocycles. The quantitative estimate of drug-likeness (QED) is 0.830. The molecule has 2 aromatic rings. The summed E-state index contributed by atoms with van der Waals surface area (Å²) >= 11 is 0. The second-order valence-corrected chi connectivity index (χ2v) is 4.69. The van der Waals surface area contributed by atoms with Crippen molar-refractivity contribution in [3.63, 3.8) is 0 Å². The molecule has 0 bridgehead atoms. The van der Waals surface area contributed by atoms with Gasteiger partial charge >= 0.3 is 0 Å². The largest absolute Gasteiger partial charge is 0.382 e. The van der Waals surface area contributed by atoms with Gasteiger partial charge in [0.1, 0.15) is 17.6 Å². The zero-order valence-electron chi connectivity index (χ0n) is 12.1. The Morgan fingerprint density at radius 3 is 2.77 bits per heavy atom. The van der Waals surface area contributed by atoms with Gasteiger partial charge in [-0.05, 0) is 36.8 Å². The maximum Gasteiger partial charge on any atom is 0.251 e. The van der Waals surface area contributed by atoms with Gasteiger partial charge in [-0.3, -0.25) is 4.79 Å². The number of rotatable bonds is 5. The Kier molecular flexibility index (Phi) is 5.04. The smallest absolute Gasteiger partial charge is 0.251 e. The van der Waals surface area contributed by atoms with Crippen molar-refractivity contribution >= 4 is 11.6 Å². The van der Waals surface area contributed by atoms with Gasteiger partial charge in [-0.1, -0.05) is 6.07 Å². The van der Waals surface area contributed by atoms with Gasteiger partial charge in [0.15, 0.2) is 0 Å². The number of halogens is 1. The fourth-order valence-corrected chi connectivity index (χ4v) is 1.78. The number of pyridine rings is 1. The van der Waals surface area contributed by atoms with Crippen molar-refractivity contribution in [2.75, 3.05) is 18.4 Å². The molecular formula is C16H15FN4O. The summed E-state index contributed by atoms with van der Waals surface area (Å²) in [5.41, 5.74) is 1.91. The van der Waals surface area contributed by atoms with Crippen LogP contribution in [0.15, 0.2) is 36.5 Å². The Hall–Kier alpha value is -2.94. The molecule has 2 N–H and O–H groups in total. The number of nitrogens with zero attached hydrogens (tertiary/aromatic N) is 2. The number of aryl methyl sites for hydroxylation is 1. The van der Waals surface area contributed by atoms with E-state index in [1.807, 2.05) is 6.07 Å². The van der Waals surface area contributed by atoms with E-state index in [1.165, 1.54) is 6.07 Å². The SMILES string of the molecule is Cc1ccc(C(=O)NCCNc2ccc(C#N)nc2)cc1F. The number of hydrogen-bond donors (Lipinski definition) is 2. The van der Waals surface area contributed by atoms with Crippen LogP contribution in [0.25, 0.3) is 0 Å². The van der Waals surface area contributed by atoms with Gasteiger partial charge in [0, 0.05) is 18.7 Å². The molecule has 0 fully saturated rings. The van der Waals surface area contributed by atoms with Crippen molar-refractivity contribution in [1.82, 2.24) is 10.3 Å². The number of amides is 1. The molecule has 0 aliphatic rings. The predicted octanol–water partition coefficient (Wildman–Crippen LogP) is 2.24. The van der Waals surface area contributed by atoms with E-state index in [0.717, 1.165) is 5.69 Å². The summed E-state index contributed by atoms with van der Waals surface area (Å²) in [6.45, 7) is 2.52. The average Bonchev–Trinajstić information content (AvgIpc) is 2.54. The van der Waals surface area contributed by atoms with Crippen molar-refractivity contribution in [1.29, 1.82) is 5.26 Å². The third-order valence-electron chi connectivity index (χ3n) is 3.05. The maximum atomic E-state index is 13.4. The predicted molar refractivity (Wildman–Crippen MR) is 80.9 cm³/mol. The van der Waals surface area contributed by atoms with Crippen molar-refractivity contribution < 1.29 is 9.18 Å². The highest BCUT2D eigenvalue weighted by Crippen LogP contribution is 2.09. The molecule has 0 aliphatic carbocycles. The van der Waals surface area contributed by atoms with Crippen LogP contribution in [0.3, 0.4) is 0 Å². The molecule has 6 heteroatoms. The third kappa shape index (κ3) is 4.03. The van der Waals surface area contributed by atoms with Crippen molar-refractivity contribution in [3.8, 4) is 6.07 Å². The number of aromatic nitrogens is 1. The summed E-state index contributed by atoms with van der Waals surface area (Å²) in [5, 5.41) is 14.4. The molecule has 0 saturated heterocycles. The number of carbonyl (C=O) groups excluding carboxylic acids is 1. The molecule has 112 valence electrons. The lowest BCUT2D eigenvalue weighted by Crippen LogP contribution is -2.28. The van der Waals surface area contributed by atoms with Crippen LogP contribution in [0.5, 0.6) is 0 Å². The Morgan fingerprint density at radius 2 is 2.14 bits per heavy atom. The molecule has 1 aromatic heterocycles. The first kappa shape index (κ1) is 15.4. The van der Waals surface area contributed by atoms with E-state index in [-0.39, 0.29) is 5.91 Å². The van der Waals surface area contributed by atoms with E-state index in [1.54, 1.807) is 37.4 Å². The number of nitriles is 1. The lowest BCUT2D eigenvalue weighted by Gasteiger charge is -2.08. The molecule has 0 radical (unpaired) electrons. The fraction of sp³-hybridized carbons (Fsp3) is 0.188. The zero-order chi connectivity index (χ0) is 15.9. The molecule has 5 nitrogen and oxygen atoms in total. The normalized spacial score (nSPS) is 9.86. The Balaban J connectivity index is 1.79. The maximum absolute atomic E-state index is 13.4. The second kappa shape index (κ2) is 7.18. The van der Waals surface area contributed by atoms with Gasteiger partial charge in [-0.25, -0.2) is 9.37 Å². The van der Waals surface area contributed by atoms with E-state index in [0.29, 0.717) is 29.9 Å². The number of hydrogen-bond acceptors (Lipinski definition) is 4. The molecule has 0 spiro atoms. The third-order valence-corrected chi connectivity index (χ3v) is 3.05. The fourth-order valence-electron chi connectivity index (χ4n) is 1.78. The molecular weight excluding hydrogens is 283 g/mol. The summed E-state index contributed by atoms with van der Waals surface area (Å²) in [6, 6.07) is 9.67. The van der Waals surface area contributed by atoms with Crippen LogP contribution >= 0.6 is 0 Å². The second-order valence-electron chi connectivity index (χ2n) is 4.69. The van der Waals surface area contributed by atoms with Gasteiger partial charge < -0.3 is 10.6 Å². The first-order chi connectivity index (χ1) is 10.6. The number of nitrogens with one attached hydrogen (secondary N) is 2. The first-order valence-electron chi connectivity index (χ1n) is 6.74. The van der Waals surface area contributed by atoms with Crippen LogP contribution in [0.1, 0.15) is 21.6 Å². The van der Waals surface area contributed by atoms with Crippen molar-refractivity contribution in [2.24, 2.45) is 0 Å². The van der Waals surface area contributed by atoms with Gasteiger partial charge in [-0.2, -0.15) is 5.26 Å². The van der Waals surface area contributed by atoms with Crippen LogP contribution in [0.2, 0.25) is 0 Å². The van der Waals surface area contributed by atoms with Gasteiger partial charge in [-0.15, -0.1) is 0 Å². The lowest BCUT2D eigenvalue weighted by molar-refractivity contribution is 0.0954. The highest BCUT2D eigenvalue weighted by Gasteiger charge is 2.07. The summed E-state index contributed by atoms with van der Waals surface area (Å²) in [4.78, 5) is 15.8. The Morgan fingerprint density at radius 1 is 1.32 bits per heavy atom. The summed E-state index contributed by atoms with van der Waals surface area (Å²) < 4.78 is 13.4. The highest BCUT2D eigenvalue weighted by molar-refractivity contribution is 5.94. The lowest BCUT2D eigenvalue weighted by atomic mass is 10.1. The first-order valence-corrected chi connectivity index (χ1v) is 6.74. The van der Waals surface area contributed by atoms with E-state index in [2.05, 4.69) is 15.6 Å². The number of benzene rings is 1. The van der Waals surface area contributed by atoms with Gasteiger partial charge in [0.05, 0.1) is 11.9 Å². The molecule has 0 atom stereocenters. The topological polar surface area (TPSA) is 77.8 Å². The van der Waals surface area contributed by atoms with Gasteiger partial charge in [0.25, 0.3) is 5.91 Å². The van der Waals surface area contributed by atoms with Crippen molar-refractivity contribution in [2.45, 2.75) is 6.92 Å². The van der Waals surface area contributed by atoms with E-state index >= 15 is 0 Å². The number of anilines is 1. The molecule has 1 heterocycles. The highest BCUT2D eigenvalue weighted by atomic mass is 19.1. The number of carbonyl (C=O) groups is 1. The minimum atomic E-state index is -0.394.